The largest absolute Gasteiger partial charge is 0.478 e. The van der Waals surface area contributed by atoms with Gasteiger partial charge in [-0.2, -0.15) is 0 Å². The Balaban J connectivity index is 2.62. The molecule has 1 aromatic carbocycles. The number of nitrogens with one attached hydrogen (secondary N) is 2. The summed E-state index contributed by atoms with van der Waals surface area (Å²) in [5, 5.41) is 13.7. The fourth-order valence-electron chi connectivity index (χ4n) is 1.63. The zero-order valence-corrected chi connectivity index (χ0v) is 11.5. The number of urea groups is 1. The number of hydrogen-bond donors (Lipinski definition) is 4. The number of benzene rings is 1. The van der Waals surface area contributed by atoms with Gasteiger partial charge in [0, 0.05) is 24.2 Å². The van der Waals surface area contributed by atoms with E-state index in [9.17, 15) is 14.4 Å². The van der Waals surface area contributed by atoms with Gasteiger partial charge in [-0.3, -0.25) is 4.79 Å². The van der Waals surface area contributed by atoms with Gasteiger partial charge in [-0.05, 0) is 30.7 Å². The molecule has 112 valence electrons. The van der Waals surface area contributed by atoms with Crippen molar-refractivity contribution in [3.63, 3.8) is 0 Å². The lowest BCUT2D eigenvalue weighted by Gasteiger charge is -2.13. The van der Waals surface area contributed by atoms with Crippen molar-refractivity contribution in [3.05, 3.63) is 35.9 Å². The maximum atomic E-state index is 11.7. The quantitative estimate of drug-likeness (QED) is 0.588. The van der Waals surface area contributed by atoms with Gasteiger partial charge in [0.25, 0.3) is 0 Å². The lowest BCUT2D eigenvalue weighted by Crippen LogP contribution is -2.38. The van der Waals surface area contributed by atoms with Crippen LogP contribution in [0.25, 0.3) is 6.08 Å². The van der Waals surface area contributed by atoms with Crippen LogP contribution in [0.5, 0.6) is 0 Å². The number of primary amides is 1. The highest BCUT2D eigenvalue weighted by Gasteiger charge is 2.09. The molecular weight excluding hydrogens is 274 g/mol. The number of carbonyl (C=O) groups is 3. The second-order valence-corrected chi connectivity index (χ2v) is 4.47. The highest BCUT2D eigenvalue weighted by molar-refractivity contribution is 5.90. The molecule has 1 unspecified atom stereocenters. The van der Waals surface area contributed by atoms with Crippen LogP contribution in [0.3, 0.4) is 0 Å². The number of aliphatic carboxylic acids is 1. The van der Waals surface area contributed by atoms with Gasteiger partial charge in [0.1, 0.15) is 0 Å². The molecule has 7 nitrogen and oxygen atoms in total. The number of amides is 3. The average molecular weight is 291 g/mol. The van der Waals surface area contributed by atoms with Crippen molar-refractivity contribution in [2.45, 2.75) is 19.4 Å². The van der Waals surface area contributed by atoms with Crippen molar-refractivity contribution in [2.24, 2.45) is 5.73 Å². The molecule has 5 N–H and O–H groups in total. The number of carbonyl (C=O) groups excluding carboxylic acids is 2. The Morgan fingerprint density at radius 2 is 2.10 bits per heavy atom. The van der Waals surface area contributed by atoms with E-state index in [-0.39, 0.29) is 12.5 Å². The third-order valence-electron chi connectivity index (χ3n) is 2.45. The molecule has 21 heavy (non-hydrogen) atoms. The summed E-state index contributed by atoms with van der Waals surface area (Å²) in [6.07, 6.45) is 2.48. The van der Waals surface area contributed by atoms with E-state index < -0.39 is 17.9 Å². The summed E-state index contributed by atoms with van der Waals surface area (Å²) in [4.78, 5) is 32.9. The van der Waals surface area contributed by atoms with Crippen molar-refractivity contribution in [2.75, 3.05) is 5.32 Å². The predicted octanol–water partition coefficient (Wildman–Crippen LogP) is 1.17. The minimum Gasteiger partial charge on any atom is -0.478 e. The molecule has 1 rings (SSSR count). The van der Waals surface area contributed by atoms with Gasteiger partial charge in [0.05, 0.1) is 0 Å². The van der Waals surface area contributed by atoms with Crippen LogP contribution >= 0.6 is 0 Å². The van der Waals surface area contributed by atoms with Crippen molar-refractivity contribution < 1.29 is 19.5 Å². The summed E-state index contributed by atoms with van der Waals surface area (Å²) in [5.74, 6) is -1.55. The van der Waals surface area contributed by atoms with Gasteiger partial charge in [-0.1, -0.05) is 12.1 Å². The highest BCUT2D eigenvalue weighted by Crippen LogP contribution is 2.12. The molecule has 1 atom stereocenters. The van der Waals surface area contributed by atoms with E-state index >= 15 is 0 Å². The first-order valence-corrected chi connectivity index (χ1v) is 6.23. The highest BCUT2D eigenvalue weighted by atomic mass is 16.4. The Bertz CT molecular complexity index is 569. The molecule has 0 aliphatic carbocycles. The van der Waals surface area contributed by atoms with Gasteiger partial charge in [0.2, 0.25) is 5.91 Å². The number of carboxylic acids is 1. The summed E-state index contributed by atoms with van der Waals surface area (Å²) in [7, 11) is 0. The molecule has 0 fully saturated rings. The van der Waals surface area contributed by atoms with E-state index in [0.29, 0.717) is 11.3 Å². The van der Waals surface area contributed by atoms with Gasteiger partial charge in [-0.25, -0.2) is 9.59 Å². The second-order valence-electron chi connectivity index (χ2n) is 4.47. The van der Waals surface area contributed by atoms with Crippen LogP contribution in [0.2, 0.25) is 0 Å². The normalized spacial score (nSPS) is 11.9. The number of anilines is 1. The molecule has 0 spiro atoms. The number of carboxylic acid groups (broad SMARTS) is 1. The van der Waals surface area contributed by atoms with Crippen LogP contribution in [-0.2, 0) is 9.59 Å². The van der Waals surface area contributed by atoms with Crippen LogP contribution in [-0.4, -0.2) is 29.1 Å². The van der Waals surface area contributed by atoms with Crippen molar-refractivity contribution in [1.29, 1.82) is 0 Å². The molecule has 7 heteroatoms. The molecule has 0 aliphatic rings. The molecular formula is C14H17N3O4. The first kappa shape index (κ1) is 16.2. The molecule has 3 amide bonds. The van der Waals surface area contributed by atoms with Gasteiger partial charge >= 0.3 is 12.0 Å². The minimum absolute atomic E-state index is 0.0504. The summed E-state index contributed by atoms with van der Waals surface area (Å²) in [6, 6.07) is 5.83. The van der Waals surface area contributed by atoms with Crippen molar-refractivity contribution >= 4 is 29.7 Å². The number of hydrogen-bond acceptors (Lipinski definition) is 3. The van der Waals surface area contributed by atoms with Crippen molar-refractivity contribution in [1.82, 2.24) is 5.32 Å². The van der Waals surface area contributed by atoms with Crippen LogP contribution < -0.4 is 16.4 Å². The Labute approximate surface area is 121 Å². The van der Waals surface area contributed by atoms with Crippen LogP contribution in [0.4, 0.5) is 10.5 Å². The second kappa shape index (κ2) is 7.68. The molecule has 0 saturated heterocycles. The summed E-state index contributed by atoms with van der Waals surface area (Å²) in [5.41, 5.74) is 6.18. The number of nitrogens with two attached hydrogens (primary N) is 1. The fourth-order valence-corrected chi connectivity index (χ4v) is 1.63. The Hall–Kier alpha value is -2.83. The molecule has 0 saturated carbocycles. The van der Waals surface area contributed by atoms with E-state index in [2.05, 4.69) is 10.6 Å². The maximum Gasteiger partial charge on any atom is 0.328 e. The lowest BCUT2D eigenvalue weighted by atomic mass is 10.2. The summed E-state index contributed by atoms with van der Waals surface area (Å²) < 4.78 is 0. The van der Waals surface area contributed by atoms with E-state index in [1.54, 1.807) is 31.2 Å². The van der Waals surface area contributed by atoms with E-state index in [1.807, 2.05) is 0 Å². The maximum absolute atomic E-state index is 11.7. The molecule has 0 heterocycles. The molecule has 0 aromatic heterocycles. The standard InChI is InChI=1S/C14H17N3O4/c1-9(7-12(15)18)16-14(21)17-11-4-2-3-10(8-11)5-6-13(19)20/h2-6,8-9H,7H2,1H3,(H2,15,18)(H,19,20)(H2,16,17,21)/b6-5+. The molecule has 0 radical (unpaired) electrons. The third kappa shape index (κ3) is 6.76. The van der Waals surface area contributed by atoms with Gasteiger partial charge in [-0.15, -0.1) is 0 Å². The topological polar surface area (TPSA) is 122 Å². The lowest BCUT2D eigenvalue weighted by molar-refractivity contribution is -0.131. The summed E-state index contributed by atoms with van der Waals surface area (Å²) in [6.45, 7) is 1.66. The zero-order valence-electron chi connectivity index (χ0n) is 11.5. The SMILES string of the molecule is CC(CC(N)=O)NC(=O)Nc1cccc(/C=C/C(=O)O)c1. The van der Waals surface area contributed by atoms with Gasteiger partial charge < -0.3 is 21.5 Å². The molecule has 1 aromatic rings. The first-order valence-electron chi connectivity index (χ1n) is 6.23. The van der Waals surface area contributed by atoms with Crippen LogP contribution in [0.1, 0.15) is 18.9 Å². The zero-order chi connectivity index (χ0) is 15.8. The predicted molar refractivity (Wildman–Crippen MR) is 78.5 cm³/mol. The average Bonchev–Trinajstić information content (AvgIpc) is 2.35. The smallest absolute Gasteiger partial charge is 0.328 e. The van der Waals surface area contributed by atoms with Crippen molar-refractivity contribution in [3.8, 4) is 0 Å². The van der Waals surface area contributed by atoms with E-state index in [1.165, 1.54) is 6.08 Å². The Morgan fingerprint density at radius 3 is 2.71 bits per heavy atom. The molecule has 0 aliphatic heterocycles. The van der Waals surface area contributed by atoms with Crippen LogP contribution in [0.15, 0.2) is 30.3 Å². The van der Waals surface area contributed by atoms with Gasteiger partial charge in [0.15, 0.2) is 0 Å². The summed E-state index contributed by atoms with van der Waals surface area (Å²) >= 11 is 0. The van der Waals surface area contributed by atoms with E-state index in [4.69, 9.17) is 10.8 Å². The number of rotatable bonds is 6. The Morgan fingerprint density at radius 1 is 1.38 bits per heavy atom. The molecule has 0 bridgehead atoms. The van der Waals surface area contributed by atoms with E-state index in [0.717, 1.165) is 6.08 Å². The first-order chi connectivity index (χ1) is 9.86. The minimum atomic E-state index is -1.05. The Kier molecular flexibility index (Phi) is 5.94. The van der Waals surface area contributed by atoms with Crippen LogP contribution in [0, 0.1) is 0 Å². The monoisotopic (exact) mass is 291 g/mol. The fraction of sp³-hybridized carbons (Fsp3) is 0.214. The third-order valence-corrected chi connectivity index (χ3v) is 2.45.